The molecule has 0 fully saturated rings. The van der Waals surface area contributed by atoms with Crippen molar-refractivity contribution < 1.29 is 18.0 Å². The van der Waals surface area contributed by atoms with Crippen molar-refractivity contribution in [1.29, 1.82) is 0 Å². The smallest absolute Gasteiger partial charge is 0.367 e. The summed E-state index contributed by atoms with van der Waals surface area (Å²) in [4.78, 5) is 24.3. The number of H-pyrrole nitrogens is 1. The molecule has 0 saturated carbocycles. The quantitative estimate of drug-likeness (QED) is 0.237. The molecular formula is C25H22ClF3N6O. The maximum absolute atomic E-state index is 12.7. The minimum absolute atomic E-state index is 0.0854. The van der Waals surface area contributed by atoms with Gasteiger partial charge in [-0.1, -0.05) is 35.9 Å². The first-order valence-electron chi connectivity index (χ1n) is 10.9. The van der Waals surface area contributed by atoms with Crippen LogP contribution in [-0.4, -0.2) is 27.4 Å². The Balaban J connectivity index is 1.38. The number of amides is 1. The van der Waals surface area contributed by atoms with Crippen molar-refractivity contribution in [1.82, 2.24) is 20.3 Å². The zero-order valence-corrected chi connectivity index (χ0v) is 19.6. The zero-order chi connectivity index (χ0) is 25.5. The monoisotopic (exact) mass is 514 g/mol. The summed E-state index contributed by atoms with van der Waals surface area (Å²) in [6.45, 7) is 0.464. The molecule has 0 aliphatic rings. The van der Waals surface area contributed by atoms with Crippen LogP contribution < -0.4 is 16.0 Å². The molecule has 4 rings (SSSR count). The van der Waals surface area contributed by atoms with Gasteiger partial charge in [0.1, 0.15) is 5.82 Å². The molecule has 11 heteroatoms. The first-order valence-corrected chi connectivity index (χ1v) is 11.3. The number of nitrogens with zero attached hydrogens (tertiary/aromatic N) is 2. The predicted molar refractivity (Wildman–Crippen MR) is 132 cm³/mol. The molecular weight excluding hydrogens is 493 g/mol. The fourth-order valence-electron chi connectivity index (χ4n) is 3.32. The average Bonchev–Trinajstić information content (AvgIpc) is 3.40. The van der Waals surface area contributed by atoms with Gasteiger partial charge in [-0.25, -0.2) is 4.98 Å². The van der Waals surface area contributed by atoms with Gasteiger partial charge in [0.2, 0.25) is 11.9 Å². The topological polar surface area (TPSA) is 94.7 Å². The number of rotatable bonds is 9. The van der Waals surface area contributed by atoms with Crippen LogP contribution in [0.2, 0.25) is 5.02 Å². The molecule has 2 heterocycles. The molecule has 0 radical (unpaired) electrons. The van der Waals surface area contributed by atoms with E-state index in [9.17, 15) is 18.0 Å². The standard InChI is InChI=1S/C25H22ClF3N6O/c26-20-3-1-2-17(10-20)13-33-24-34-21(18-8-9-30-14-18)11-22(35-24)31-15-23(36)32-12-16-4-6-19(7-5-16)25(27,28)29/h1-11,14,30H,12-13,15H2,(H,32,36)(H2,31,33,34,35). The molecule has 0 unspecified atom stereocenters. The van der Waals surface area contributed by atoms with Crippen LogP contribution in [0.5, 0.6) is 0 Å². The van der Waals surface area contributed by atoms with Crippen molar-refractivity contribution in [2.24, 2.45) is 0 Å². The molecule has 4 aromatic rings. The molecule has 0 aliphatic heterocycles. The highest BCUT2D eigenvalue weighted by Crippen LogP contribution is 2.29. The molecule has 2 aromatic carbocycles. The Bertz CT molecular complexity index is 1310. The van der Waals surface area contributed by atoms with Crippen molar-refractivity contribution in [2.75, 3.05) is 17.2 Å². The van der Waals surface area contributed by atoms with Crippen LogP contribution in [0.25, 0.3) is 11.3 Å². The molecule has 1 amide bonds. The van der Waals surface area contributed by atoms with Crippen LogP contribution in [0.15, 0.2) is 73.1 Å². The summed E-state index contributed by atoms with van der Waals surface area (Å²) in [6.07, 6.45) is -0.827. The second-order valence-electron chi connectivity index (χ2n) is 7.87. The number of carbonyl (C=O) groups is 1. The van der Waals surface area contributed by atoms with Crippen LogP contribution in [0, 0.1) is 0 Å². The van der Waals surface area contributed by atoms with Crippen molar-refractivity contribution in [3.05, 3.63) is 94.8 Å². The van der Waals surface area contributed by atoms with Crippen LogP contribution in [0.4, 0.5) is 24.9 Å². The summed E-state index contributed by atoms with van der Waals surface area (Å²) in [6, 6.07) is 15.6. The lowest BCUT2D eigenvalue weighted by Crippen LogP contribution is -2.29. The Hall–Kier alpha value is -4.05. The lowest BCUT2D eigenvalue weighted by molar-refractivity contribution is -0.137. The van der Waals surface area contributed by atoms with Crippen molar-refractivity contribution in [3.8, 4) is 11.3 Å². The van der Waals surface area contributed by atoms with E-state index in [1.165, 1.54) is 12.1 Å². The Kier molecular flexibility index (Phi) is 7.74. The summed E-state index contributed by atoms with van der Waals surface area (Å²) in [5, 5.41) is 9.45. The van der Waals surface area contributed by atoms with E-state index >= 15 is 0 Å². The number of alkyl halides is 3. The first-order chi connectivity index (χ1) is 17.3. The number of benzene rings is 2. The van der Waals surface area contributed by atoms with Gasteiger partial charge >= 0.3 is 6.18 Å². The van der Waals surface area contributed by atoms with Gasteiger partial charge in [-0.15, -0.1) is 0 Å². The van der Waals surface area contributed by atoms with Crippen LogP contribution in [0.3, 0.4) is 0 Å². The van der Waals surface area contributed by atoms with Gasteiger partial charge < -0.3 is 20.9 Å². The third-order valence-corrected chi connectivity index (χ3v) is 5.40. The number of aromatic nitrogens is 3. The number of anilines is 2. The highest BCUT2D eigenvalue weighted by Gasteiger charge is 2.29. The number of halogens is 4. The minimum Gasteiger partial charge on any atom is -0.367 e. The molecule has 4 N–H and O–H groups in total. The molecule has 0 saturated heterocycles. The first kappa shape index (κ1) is 25.1. The molecule has 36 heavy (non-hydrogen) atoms. The fraction of sp³-hybridized carbons (Fsp3) is 0.160. The van der Waals surface area contributed by atoms with E-state index in [-0.39, 0.29) is 19.0 Å². The number of nitrogens with one attached hydrogen (secondary N) is 4. The number of hydrogen-bond donors (Lipinski definition) is 4. The Morgan fingerprint density at radius 3 is 2.44 bits per heavy atom. The van der Waals surface area contributed by atoms with Crippen LogP contribution in [-0.2, 0) is 24.1 Å². The van der Waals surface area contributed by atoms with Gasteiger partial charge in [-0.3, -0.25) is 4.79 Å². The lowest BCUT2D eigenvalue weighted by Gasteiger charge is -2.12. The maximum atomic E-state index is 12.7. The second kappa shape index (κ2) is 11.1. The van der Waals surface area contributed by atoms with Gasteiger partial charge in [0.25, 0.3) is 0 Å². The lowest BCUT2D eigenvalue weighted by atomic mass is 10.1. The summed E-state index contributed by atoms with van der Waals surface area (Å²) in [5.41, 5.74) is 2.27. The summed E-state index contributed by atoms with van der Waals surface area (Å²) in [5.74, 6) is 0.450. The zero-order valence-electron chi connectivity index (χ0n) is 18.9. The summed E-state index contributed by atoms with van der Waals surface area (Å²) < 4.78 is 38.1. The molecule has 7 nitrogen and oxygen atoms in total. The van der Waals surface area contributed by atoms with E-state index in [1.807, 2.05) is 24.3 Å². The highest BCUT2D eigenvalue weighted by atomic mass is 35.5. The predicted octanol–water partition coefficient (Wildman–Crippen LogP) is 5.48. The highest BCUT2D eigenvalue weighted by molar-refractivity contribution is 6.30. The third kappa shape index (κ3) is 6.98. The normalized spacial score (nSPS) is 11.2. The van der Waals surface area contributed by atoms with Crippen molar-refractivity contribution >= 4 is 29.3 Å². The molecule has 0 aliphatic carbocycles. The van der Waals surface area contributed by atoms with E-state index in [2.05, 4.69) is 30.9 Å². The van der Waals surface area contributed by atoms with E-state index < -0.39 is 11.7 Å². The molecule has 0 bridgehead atoms. The minimum atomic E-state index is -4.40. The Morgan fingerprint density at radius 2 is 1.75 bits per heavy atom. The van der Waals surface area contributed by atoms with E-state index in [0.29, 0.717) is 34.6 Å². The van der Waals surface area contributed by atoms with Gasteiger partial charge in [-0.2, -0.15) is 18.2 Å². The third-order valence-electron chi connectivity index (χ3n) is 5.16. The van der Waals surface area contributed by atoms with Gasteiger partial charge in [-0.05, 0) is 41.5 Å². The molecule has 186 valence electrons. The van der Waals surface area contributed by atoms with Gasteiger partial charge in [0.15, 0.2) is 0 Å². The summed E-state index contributed by atoms with van der Waals surface area (Å²) in [7, 11) is 0. The summed E-state index contributed by atoms with van der Waals surface area (Å²) >= 11 is 6.05. The average molecular weight is 515 g/mol. The number of aromatic amines is 1. The molecule has 0 spiro atoms. The van der Waals surface area contributed by atoms with Gasteiger partial charge in [0, 0.05) is 42.1 Å². The van der Waals surface area contributed by atoms with Gasteiger partial charge in [0.05, 0.1) is 17.8 Å². The second-order valence-corrected chi connectivity index (χ2v) is 8.31. The Morgan fingerprint density at radius 1 is 0.944 bits per heavy atom. The van der Waals surface area contributed by atoms with E-state index in [1.54, 1.807) is 24.5 Å². The van der Waals surface area contributed by atoms with Crippen molar-refractivity contribution in [2.45, 2.75) is 19.3 Å². The Labute approximate surface area is 210 Å². The fourth-order valence-corrected chi connectivity index (χ4v) is 3.53. The van der Waals surface area contributed by atoms with Crippen molar-refractivity contribution in [3.63, 3.8) is 0 Å². The van der Waals surface area contributed by atoms with Crippen LogP contribution in [0.1, 0.15) is 16.7 Å². The SMILES string of the molecule is O=C(CNc1cc(-c2cc[nH]c2)nc(NCc2cccc(Cl)c2)n1)NCc1ccc(C(F)(F)F)cc1. The number of hydrogen-bond acceptors (Lipinski definition) is 5. The number of carbonyl (C=O) groups excluding carboxylic acids is 1. The van der Waals surface area contributed by atoms with E-state index in [4.69, 9.17) is 11.6 Å². The maximum Gasteiger partial charge on any atom is 0.416 e. The van der Waals surface area contributed by atoms with Crippen LogP contribution >= 0.6 is 11.6 Å². The molecule has 2 aromatic heterocycles. The van der Waals surface area contributed by atoms with E-state index in [0.717, 1.165) is 23.3 Å². The molecule has 0 atom stereocenters. The largest absolute Gasteiger partial charge is 0.416 e.